The van der Waals surface area contributed by atoms with Gasteiger partial charge in [-0.05, 0) is 49.4 Å². The highest BCUT2D eigenvalue weighted by Gasteiger charge is 2.20. The van der Waals surface area contributed by atoms with E-state index in [-0.39, 0.29) is 11.9 Å². The molecular weight excluding hydrogens is 268 g/mol. The Bertz CT molecular complexity index is 490. The number of ether oxygens (including phenoxy) is 2. The summed E-state index contributed by atoms with van der Waals surface area (Å²) in [4.78, 5) is 11.9. The highest BCUT2D eigenvalue weighted by atomic mass is 16.5. The van der Waals surface area contributed by atoms with E-state index in [4.69, 9.17) is 15.2 Å². The second-order valence-electron chi connectivity index (χ2n) is 5.40. The summed E-state index contributed by atoms with van der Waals surface area (Å²) in [6.07, 6.45) is 2.24. The van der Waals surface area contributed by atoms with Gasteiger partial charge in [-0.1, -0.05) is 6.07 Å². The van der Waals surface area contributed by atoms with Gasteiger partial charge in [0.2, 0.25) is 0 Å². The summed E-state index contributed by atoms with van der Waals surface area (Å²) < 4.78 is 10.6. The van der Waals surface area contributed by atoms with Gasteiger partial charge in [-0.3, -0.25) is 4.79 Å². The molecule has 1 aromatic rings. The van der Waals surface area contributed by atoms with Crippen molar-refractivity contribution in [2.45, 2.75) is 38.3 Å². The van der Waals surface area contributed by atoms with E-state index in [0.717, 1.165) is 25.0 Å². The molecule has 5 heteroatoms. The first-order valence-electron chi connectivity index (χ1n) is 7.43. The lowest BCUT2D eigenvalue weighted by molar-refractivity contribution is -0.127. The molecule has 0 heterocycles. The molecule has 2 rings (SSSR count). The number of aryl methyl sites for hydroxylation is 1. The van der Waals surface area contributed by atoms with Crippen LogP contribution in [0.4, 0.5) is 0 Å². The number of rotatable bonds is 7. The van der Waals surface area contributed by atoms with Gasteiger partial charge in [0, 0.05) is 26.3 Å². The van der Waals surface area contributed by atoms with Crippen LogP contribution in [0.15, 0.2) is 18.2 Å². The minimum absolute atomic E-state index is 0.108. The summed E-state index contributed by atoms with van der Waals surface area (Å²) in [6.45, 7) is 2.99. The predicted molar refractivity (Wildman–Crippen MR) is 81.3 cm³/mol. The van der Waals surface area contributed by atoms with Gasteiger partial charge in [0.25, 0.3) is 5.91 Å². The zero-order valence-electron chi connectivity index (χ0n) is 12.7. The van der Waals surface area contributed by atoms with Crippen LogP contribution in [0, 0.1) is 0 Å². The smallest absolute Gasteiger partial charge is 0.260 e. The van der Waals surface area contributed by atoms with Crippen LogP contribution in [0.3, 0.4) is 0 Å². The highest BCUT2D eigenvalue weighted by Crippen LogP contribution is 2.32. The molecule has 0 fully saturated rings. The summed E-state index contributed by atoms with van der Waals surface area (Å²) in [5, 5.41) is 2.83. The molecule has 116 valence electrons. The lowest BCUT2D eigenvalue weighted by atomic mass is 10.1. The number of hydrogen-bond donors (Lipinski definition) is 2. The molecule has 0 saturated carbocycles. The first kappa shape index (κ1) is 15.8. The average Bonchev–Trinajstić information content (AvgIpc) is 2.84. The summed E-state index contributed by atoms with van der Waals surface area (Å²) in [5.41, 5.74) is 8.43. The van der Waals surface area contributed by atoms with E-state index in [1.165, 1.54) is 11.1 Å². The molecule has 0 spiro atoms. The van der Waals surface area contributed by atoms with Crippen molar-refractivity contribution in [3.8, 4) is 5.75 Å². The molecule has 0 bridgehead atoms. The molecule has 21 heavy (non-hydrogen) atoms. The van der Waals surface area contributed by atoms with E-state index in [1.807, 2.05) is 18.2 Å². The Hall–Kier alpha value is -1.59. The number of amides is 1. The maximum absolute atomic E-state index is 11.9. The maximum Gasteiger partial charge on any atom is 0.260 e. The molecule has 0 aromatic heterocycles. The van der Waals surface area contributed by atoms with Gasteiger partial charge in [-0.15, -0.1) is 0 Å². The standard InChI is InChI=1S/C16H24N2O3/c1-11(16(19)18-8-3-9-20-2)21-13-5-6-14-12(10-13)4-7-15(14)17/h5-6,10-11,15H,3-4,7-9,17H2,1-2H3,(H,18,19)/t11?,15-/m1/s1. The molecule has 0 radical (unpaired) electrons. The molecule has 0 saturated heterocycles. The van der Waals surface area contributed by atoms with E-state index in [0.29, 0.717) is 13.2 Å². The molecular formula is C16H24N2O3. The van der Waals surface area contributed by atoms with Crippen LogP contribution < -0.4 is 15.8 Å². The predicted octanol–water partition coefficient (Wildman–Crippen LogP) is 1.55. The molecule has 2 atom stereocenters. The van der Waals surface area contributed by atoms with E-state index in [2.05, 4.69) is 5.32 Å². The lowest BCUT2D eigenvalue weighted by Gasteiger charge is -2.15. The topological polar surface area (TPSA) is 73.6 Å². The Morgan fingerprint density at radius 1 is 1.52 bits per heavy atom. The van der Waals surface area contributed by atoms with Crippen molar-refractivity contribution in [2.24, 2.45) is 5.73 Å². The SMILES string of the molecule is COCCCNC(=O)C(C)Oc1ccc2c(c1)CC[C@H]2N. The minimum atomic E-state index is -0.513. The van der Waals surface area contributed by atoms with Crippen LogP contribution in [-0.4, -0.2) is 32.3 Å². The van der Waals surface area contributed by atoms with Crippen molar-refractivity contribution in [1.82, 2.24) is 5.32 Å². The molecule has 5 nitrogen and oxygen atoms in total. The fourth-order valence-corrected chi connectivity index (χ4v) is 2.53. The molecule has 1 unspecified atom stereocenters. The maximum atomic E-state index is 11.9. The third kappa shape index (κ3) is 4.19. The summed E-state index contributed by atoms with van der Waals surface area (Å²) >= 11 is 0. The average molecular weight is 292 g/mol. The van der Waals surface area contributed by atoms with E-state index in [9.17, 15) is 4.79 Å². The second kappa shape index (κ2) is 7.43. The Kier molecular flexibility index (Phi) is 5.59. The molecule has 1 amide bonds. The molecule has 1 aliphatic rings. The van der Waals surface area contributed by atoms with Gasteiger partial charge in [0.1, 0.15) is 5.75 Å². The van der Waals surface area contributed by atoms with Crippen molar-refractivity contribution in [1.29, 1.82) is 0 Å². The third-order valence-electron chi connectivity index (χ3n) is 3.75. The number of nitrogens with two attached hydrogens (primary N) is 1. The van der Waals surface area contributed by atoms with Crippen molar-refractivity contribution in [2.75, 3.05) is 20.3 Å². The van der Waals surface area contributed by atoms with Crippen LogP contribution in [-0.2, 0) is 16.0 Å². The largest absolute Gasteiger partial charge is 0.481 e. The van der Waals surface area contributed by atoms with Crippen LogP contribution in [0.2, 0.25) is 0 Å². The van der Waals surface area contributed by atoms with Gasteiger partial charge in [-0.25, -0.2) is 0 Å². The Morgan fingerprint density at radius 3 is 3.10 bits per heavy atom. The summed E-state index contributed by atoms with van der Waals surface area (Å²) in [7, 11) is 1.65. The fourth-order valence-electron chi connectivity index (χ4n) is 2.53. The second-order valence-corrected chi connectivity index (χ2v) is 5.40. The zero-order chi connectivity index (χ0) is 15.2. The number of hydrogen-bond acceptors (Lipinski definition) is 4. The van der Waals surface area contributed by atoms with Crippen molar-refractivity contribution >= 4 is 5.91 Å². The number of carbonyl (C=O) groups is 1. The molecule has 3 N–H and O–H groups in total. The summed E-state index contributed by atoms with van der Waals surface area (Å²) in [5.74, 6) is 0.616. The number of benzene rings is 1. The number of carbonyl (C=O) groups excluding carboxylic acids is 1. The number of fused-ring (bicyclic) bond motifs is 1. The number of nitrogens with one attached hydrogen (secondary N) is 1. The van der Waals surface area contributed by atoms with Gasteiger partial charge in [0.15, 0.2) is 6.10 Å². The van der Waals surface area contributed by atoms with E-state index in [1.54, 1.807) is 14.0 Å². The summed E-state index contributed by atoms with van der Waals surface area (Å²) in [6, 6.07) is 6.02. The Balaban J connectivity index is 1.85. The normalized spacial score (nSPS) is 18.1. The third-order valence-corrected chi connectivity index (χ3v) is 3.75. The van der Waals surface area contributed by atoms with Gasteiger partial charge < -0.3 is 20.5 Å². The minimum Gasteiger partial charge on any atom is -0.481 e. The van der Waals surface area contributed by atoms with Gasteiger partial charge in [0.05, 0.1) is 0 Å². The van der Waals surface area contributed by atoms with Crippen LogP contribution in [0.1, 0.15) is 36.9 Å². The lowest BCUT2D eigenvalue weighted by Crippen LogP contribution is -2.37. The molecule has 1 aromatic carbocycles. The molecule has 0 aliphatic heterocycles. The monoisotopic (exact) mass is 292 g/mol. The van der Waals surface area contributed by atoms with E-state index < -0.39 is 6.10 Å². The number of methoxy groups -OCH3 is 1. The highest BCUT2D eigenvalue weighted by molar-refractivity contribution is 5.80. The first-order chi connectivity index (χ1) is 10.1. The fraction of sp³-hybridized carbons (Fsp3) is 0.562. The van der Waals surface area contributed by atoms with Gasteiger partial charge >= 0.3 is 0 Å². The molecule has 1 aliphatic carbocycles. The van der Waals surface area contributed by atoms with Crippen LogP contribution >= 0.6 is 0 Å². The van der Waals surface area contributed by atoms with Crippen molar-refractivity contribution in [3.63, 3.8) is 0 Å². The van der Waals surface area contributed by atoms with Gasteiger partial charge in [-0.2, -0.15) is 0 Å². The van der Waals surface area contributed by atoms with Crippen molar-refractivity contribution in [3.05, 3.63) is 29.3 Å². The zero-order valence-corrected chi connectivity index (χ0v) is 12.7. The Labute approximate surface area is 125 Å². The quantitative estimate of drug-likeness (QED) is 0.748. The van der Waals surface area contributed by atoms with Crippen molar-refractivity contribution < 1.29 is 14.3 Å². The van der Waals surface area contributed by atoms with Crippen LogP contribution in [0.25, 0.3) is 0 Å². The first-order valence-corrected chi connectivity index (χ1v) is 7.43. The Morgan fingerprint density at radius 2 is 2.33 bits per heavy atom. The van der Waals surface area contributed by atoms with Crippen LogP contribution in [0.5, 0.6) is 5.75 Å². The van der Waals surface area contributed by atoms with E-state index >= 15 is 0 Å².